The highest BCUT2D eigenvalue weighted by molar-refractivity contribution is 5.96. The molecule has 0 radical (unpaired) electrons. The van der Waals surface area contributed by atoms with Gasteiger partial charge in [-0.3, -0.25) is 4.79 Å². The van der Waals surface area contributed by atoms with Crippen LogP contribution in [0.4, 0.5) is 17.1 Å². The lowest BCUT2D eigenvalue weighted by Gasteiger charge is -2.23. The number of hydrogen-bond acceptors (Lipinski definition) is 3. The fraction of sp³-hybridized carbons (Fsp3) is 0.174. The molecule has 4 nitrogen and oxygen atoms in total. The second-order valence-electron chi connectivity index (χ2n) is 6.62. The first-order valence-corrected chi connectivity index (χ1v) is 9.12. The minimum Gasteiger partial charge on any atom is -0.497 e. The van der Waals surface area contributed by atoms with Gasteiger partial charge in [-0.25, -0.2) is 0 Å². The lowest BCUT2D eigenvalue weighted by atomic mass is 10.1. The molecule has 3 aromatic rings. The highest BCUT2D eigenvalue weighted by atomic mass is 16.5. The van der Waals surface area contributed by atoms with Crippen LogP contribution in [0.15, 0.2) is 72.8 Å². The summed E-state index contributed by atoms with van der Waals surface area (Å²) in [5, 5.41) is 3.08. The Morgan fingerprint density at radius 3 is 2.44 bits per heavy atom. The van der Waals surface area contributed by atoms with Crippen molar-refractivity contribution in [1.82, 2.24) is 0 Å². The van der Waals surface area contributed by atoms with E-state index in [2.05, 4.69) is 40.5 Å². The van der Waals surface area contributed by atoms with Crippen LogP contribution in [0.3, 0.4) is 0 Å². The van der Waals surface area contributed by atoms with E-state index in [1.807, 2.05) is 42.5 Å². The van der Waals surface area contributed by atoms with Gasteiger partial charge in [0.25, 0.3) is 0 Å². The minimum atomic E-state index is -0.0277. The van der Waals surface area contributed by atoms with Gasteiger partial charge in [0.05, 0.1) is 24.9 Å². The summed E-state index contributed by atoms with van der Waals surface area (Å²) in [5.74, 6) is 0.761. The number of benzene rings is 3. The van der Waals surface area contributed by atoms with Crippen molar-refractivity contribution in [3.05, 3.63) is 83.9 Å². The van der Waals surface area contributed by atoms with E-state index in [9.17, 15) is 4.79 Å². The zero-order chi connectivity index (χ0) is 18.6. The van der Waals surface area contributed by atoms with Gasteiger partial charge < -0.3 is 15.0 Å². The zero-order valence-corrected chi connectivity index (χ0v) is 15.3. The fourth-order valence-electron chi connectivity index (χ4n) is 3.53. The number of amides is 1. The first-order chi connectivity index (χ1) is 13.2. The molecule has 0 saturated carbocycles. The standard InChI is InChI=1S/C23H22N2O2/c1-27-19-12-10-17(11-13-19)16-23(26)24-20-7-3-5-9-22(20)25-15-14-18-6-2-4-8-21(18)25/h2-13H,14-16H2,1H3,(H,24,26). The van der Waals surface area contributed by atoms with Crippen molar-refractivity contribution in [2.75, 3.05) is 23.9 Å². The average molecular weight is 358 g/mol. The number of fused-ring (bicyclic) bond motifs is 1. The third kappa shape index (κ3) is 3.65. The van der Waals surface area contributed by atoms with E-state index in [0.29, 0.717) is 6.42 Å². The van der Waals surface area contributed by atoms with E-state index in [1.165, 1.54) is 11.3 Å². The van der Waals surface area contributed by atoms with Crippen molar-refractivity contribution in [3.63, 3.8) is 0 Å². The Morgan fingerprint density at radius 1 is 0.963 bits per heavy atom. The summed E-state index contributed by atoms with van der Waals surface area (Å²) in [7, 11) is 1.63. The van der Waals surface area contributed by atoms with Crippen LogP contribution in [-0.2, 0) is 17.6 Å². The Balaban J connectivity index is 1.52. The maximum absolute atomic E-state index is 12.6. The lowest BCUT2D eigenvalue weighted by Crippen LogP contribution is -2.19. The Morgan fingerprint density at radius 2 is 1.67 bits per heavy atom. The van der Waals surface area contributed by atoms with Gasteiger partial charge in [-0.15, -0.1) is 0 Å². The number of hydrogen-bond donors (Lipinski definition) is 1. The summed E-state index contributed by atoms with van der Waals surface area (Å²) in [6.07, 6.45) is 1.35. The summed E-state index contributed by atoms with van der Waals surface area (Å²) < 4.78 is 5.17. The topological polar surface area (TPSA) is 41.6 Å². The number of carbonyl (C=O) groups is 1. The number of methoxy groups -OCH3 is 1. The number of carbonyl (C=O) groups excluding carboxylic acids is 1. The summed E-state index contributed by atoms with van der Waals surface area (Å²) in [6.45, 7) is 0.921. The monoisotopic (exact) mass is 358 g/mol. The number of nitrogens with one attached hydrogen (secondary N) is 1. The lowest BCUT2D eigenvalue weighted by molar-refractivity contribution is -0.115. The Bertz CT molecular complexity index is 951. The molecular weight excluding hydrogens is 336 g/mol. The molecule has 0 aliphatic carbocycles. The maximum Gasteiger partial charge on any atom is 0.228 e. The van der Waals surface area contributed by atoms with Crippen molar-refractivity contribution in [2.24, 2.45) is 0 Å². The van der Waals surface area contributed by atoms with Crippen LogP contribution in [0, 0.1) is 0 Å². The summed E-state index contributed by atoms with van der Waals surface area (Å²) in [5.41, 5.74) is 5.39. The van der Waals surface area contributed by atoms with E-state index in [-0.39, 0.29) is 5.91 Å². The quantitative estimate of drug-likeness (QED) is 0.726. The van der Waals surface area contributed by atoms with E-state index >= 15 is 0 Å². The van der Waals surface area contributed by atoms with Crippen LogP contribution in [0.25, 0.3) is 0 Å². The average Bonchev–Trinajstić information content (AvgIpc) is 3.13. The van der Waals surface area contributed by atoms with Crippen LogP contribution in [0.5, 0.6) is 5.75 Å². The van der Waals surface area contributed by atoms with Crippen molar-refractivity contribution in [3.8, 4) is 5.75 Å². The number of para-hydroxylation sites is 3. The first-order valence-electron chi connectivity index (χ1n) is 9.12. The van der Waals surface area contributed by atoms with Crippen LogP contribution >= 0.6 is 0 Å². The van der Waals surface area contributed by atoms with E-state index in [4.69, 9.17) is 4.74 Å². The molecule has 1 aliphatic heterocycles. The largest absolute Gasteiger partial charge is 0.497 e. The highest BCUT2D eigenvalue weighted by Gasteiger charge is 2.22. The first kappa shape index (κ1) is 17.2. The fourth-order valence-corrected chi connectivity index (χ4v) is 3.53. The van der Waals surface area contributed by atoms with Crippen molar-refractivity contribution < 1.29 is 9.53 Å². The number of anilines is 3. The van der Waals surface area contributed by atoms with Crippen molar-refractivity contribution >= 4 is 23.0 Å². The third-order valence-corrected chi connectivity index (χ3v) is 4.88. The molecule has 27 heavy (non-hydrogen) atoms. The van der Waals surface area contributed by atoms with E-state index in [1.54, 1.807) is 7.11 Å². The third-order valence-electron chi connectivity index (χ3n) is 4.88. The van der Waals surface area contributed by atoms with Crippen molar-refractivity contribution in [1.29, 1.82) is 0 Å². The molecule has 3 aromatic carbocycles. The SMILES string of the molecule is COc1ccc(CC(=O)Nc2ccccc2N2CCc3ccccc32)cc1. The minimum absolute atomic E-state index is 0.0277. The number of ether oxygens (including phenoxy) is 1. The van der Waals surface area contributed by atoms with Gasteiger partial charge in [-0.05, 0) is 47.9 Å². The second-order valence-corrected chi connectivity index (χ2v) is 6.62. The highest BCUT2D eigenvalue weighted by Crippen LogP contribution is 2.38. The normalized spacial score (nSPS) is 12.6. The van der Waals surface area contributed by atoms with Gasteiger partial charge >= 0.3 is 0 Å². The Labute approximate surface area is 159 Å². The summed E-state index contributed by atoms with van der Waals surface area (Å²) in [4.78, 5) is 14.9. The number of nitrogens with zero attached hydrogens (tertiary/aromatic N) is 1. The molecule has 4 heteroatoms. The maximum atomic E-state index is 12.6. The molecule has 0 spiro atoms. The van der Waals surface area contributed by atoms with Crippen LogP contribution in [0.2, 0.25) is 0 Å². The van der Waals surface area contributed by atoms with Crippen LogP contribution in [-0.4, -0.2) is 19.6 Å². The van der Waals surface area contributed by atoms with E-state index < -0.39 is 0 Å². The molecule has 0 bridgehead atoms. The molecule has 1 N–H and O–H groups in total. The van der Waals surface area contributed by atoms with Crippen molar-refractivity contribution in [2.45, 2.75) is 12.8 Å². The molecule has 0 atom stereocenters. The molecule has 0 unspecified atom stereocenters. The van der Waals surface area contributed by atoms with Crippen LogP contribution in [0.1, 0.15) is 11.1 Å². The molecule has 0 fully saturated rings. The number of rotatable bonds is 5. The molecule has 0 saturated heterocycles. The van der Waals surface area contributed by atoms with Gasteiger partial charge in [0.15, 0.2) is 0 Å². The molecule has 1 heterocycles. The summed E-state index contributed by atoms with van der Waals surface area (Å²) in [6, 6.07) is 24.0. The molecule has 1 amide bonds. The van der Waals surface area contributed by atoms with Gasteiger partial charge in [0.1, 0.15) is 5.75 Å². The smallest absolute Gasteiger partial charge is 0.228 e. The Kier molecular flexibility index (Phi) is 4.79. The molecule has 4 rings (SSSR count). The van der Waals surface area contributed by atoms with Gasteiger partial charge in [-0.2, -0.15) is 0 Å². The van der Waals surface area contributed by atoms with Gasteiger partial charge in [0.2, 0.25) is 5.91 Å². The Hall–Kier alpha value is -3.27. The van der Waals surface area contributed by atoms with Gasteiger partial charge in [-0.1, -0.05) is 42.5 Å². The second kappa shape index (κ2) is 7.54. The van der Waals surface area contributed by atoms with E-state index in [0.717, 1.165) is 35.7 Å². The van der Waals surface area contributed by atoms with Gasteiger partial charge in [0, 0.05) is 12.2 Å². The zero-order valence-electron chi connectivity index (χ0n) is 15.3. The predicted octanol–water partition coefficient (Wildman–Crippen LogP) is 4.57. The molecule has 0 aromatic heterocycles. The predicted molar refractivity (Wildman–Crippen MR) is 109 cm³/mol. The molecule has 136 valence electrons. The van der Waals surface area contributed by atoms with Crippen LogP contribution < -0.4 is 15.0 Å². The molecular formula is C23H22N2O2. The summed E-state index contributed by atoms with van der Waals surface area (Å²) >= 11 is 0. The molecule has 1 aliphatic rings.